The van der Waals surface area contributed by atoms with Crippen LogP contribution in [0.15, 0.2) is 18.2 Å². The van der Waals surface area contributed by atoms with Gasteiger partial charge in [-0.15, -0.1) is 0 Å². The van der Waals surface area contributed by atoms with E-state index in [9.17, 15) is 0 Å². The second-order valence-electron chi connectivity index (χ2n) is 4.02. The molecule has 1 saturated heterocycles. The van der Waals surface area contributed by atoms with E-state index >= 15 is 0 Å². The minimum absolute atomic E-state index is 0.638. The van der Waals surface area contributed by atoms with Crippen LogP contribution in [0, 0.1) is 0 Å². The zero-order valence-electron chi connectivity index (χ0n) is 9.18. The summed E-state index contributed by atoms with van der Waals surface area (Å²) in [5, 5.41) is 4.72. The molecular weight excluding hydrogens is 243 g/mol. The van der Waals surface area contributed by atoms with Crippen molar-refractivity contribution < 1.29 is 0 Å². The van der Waals surface area contributed by atoms with Gasteiger partial charge < -0.3 is 10.2 Å². The van der Waals surface area contributed by atoms with Crippen molar-refractivity contribution >= 4 is 28.9 Å². The summed E-state index contributed by atoms with van der Waals surface area (Å²) in [5.41, 5.74) is 1.07. The molecule has 2 nitrogen and oxygen atoms in total. The number of nitrogens with one attached hydrogen (secondary N) is 1. The fraction of sp³-hybridized carbons (Fsp3) is 0.500. The van der Waals surface area contributed by atoms with E-state index in [4.69, 9.17) is 23.2 Å². The number of halogens is 2. The van der Waals surface area contributed by atoms with Crippen LogP contribution in [0.1, 0.15) is 12.8 Å². The molecule has 0 amide bonds. The van der Waals surface area contributed by atoms with Crippen LogP contribution >= 0.6 is 23.2 Å². The Morgan fingerprint density at radius 3 is 2.44 bits per heavy atom. The molecule has 1 aliphatic heterocycles. The maximum absolute atomic E-state index is 6.23. The van der Waals surface area contributed by atoms with Gasteiger partial charge in [-0.3, -0.25) is 0 Å². The van der Waals surface area contributed by atoms with Gasteiger partial charge in [0.1, 0.15) is 0 Å². The van der Waals surface area contributed by atoms with E-state index in [1.807, 2.05) is 18.2 Å². The summed E-state index contributed by atoms with van der Waals surface area (Å²) in [6.07, 6.45) is 2.28. The number of hydrogen-bond donors (Lipinski definition) is 1. The van der Waals surface area contributed by atoms with Crippen molar-refractivity contribution in [2.75, 3.05) is 31.1 Å². The molecule has 1 aromatic carbocycles. The summed E-state index contributed by atoms with van der Waals surface area (Å²) in [4.78, 5) is 2.33. The highest BCUT2D eigenvalue weighted by Gasteiger charge is 2.13. The molecule has 16 heavy (non-hydrogen) atoms. The summed E-state index contributed by atoms with van der Waals surface area (Å²) in [7, 11) is 0. The van der Waals surface area contributed by atoms with Gasteiger partial charge in [0, 0.05) is 13.1 Å². The van der Waals surface area contributed by atoms with E-state index < -0.39 is 0 Å². The lowest BCUT2D eigenvalue weighted by atomic mass is 10.2. The minimum atomic E-state index is 0.638. The summed E-state index contributed by atoms with van der Waals surface area (Å²) in [6.45, 7) is 4.23. The highest BCUT2D eigenvalue weighted by Crippen LogP contribution is 2.32. The predicted molar refractivity (Wildman–Crippen MR) is 70.8 cm³/mol. The van der Waals surface area contributed by atoms with Crippen LogP contribution in [0.3, 0.4) is 0 Å². The highest BCUT2D eigenvalue weighted by molar-refractivity contribution is 6.43. The molecule has 0 atom stereocenters. The molecule has 2 rings (SSSR count). The van der Waals surface area contributed by atoms with Crippen LogP contribution < -0.4 is 10.2 Å². The van der Waals surface area contributed by atoms with Crippen molar-refractivity contribution in [2.24, 2.45) is 0 Å². The maximum Gasteiger partial charge on any atom is 0.0825 e. The molecule has 0 bridgehead atoms. The topological polar surface area (TPSA) is 15.3 Å². The van der Waals surface area contributed by atoms with Gasteiger partial charge in [-0.1, -0.05) is 29.3 Å². The second-order valence-corrected chi connectivity index (χ2v) is 4.80. The van der Waals surface area contributed by atoms with Crippen molar-refractivity contribution in [3.8, 4) is 0 Å². The minimum Gasteiger partial charge on any atom is -0.370 e. The standard InChI is InChI=1S/C12H16Cl2N2/c13-10-4-1-5-11(12(10)14)16-8-2-6-15-7-3-9-16/h1,4-5,15H,2-3,6-9H2. The quantitative estimate of drug-likeness (QED) is 0.833. The van der Waals surface area contributed by atoms with E-state index in [0.717, 1.165) is 44.7 Å². The lowest BCUT2D eigenvalue weighted by Gasteiger charge is -2.28. The molecule has 0 unspecified atom stereocenters. The third-order valence-electron chi connectivity index (χ3n) is 2.84. The van der Waals surface area contributed by atoms with Gasteiger partial charge in [0.15, 0.2) is 0 Å². The van der Waals surface area contributed by atoms with Crippen molar-refractivity contribution in [3.05, 3.63) is 28.2 Å². The molecule has 1 N–H and O–H groups in total. The zero-order valence-corrected chi connectivity index (χ0v) is 10.7. The summed E-state index contributed by atoms with van der Waals surface area (Å²) in [5.74, 6) is 0. The maximum atomic E-state index is 6.23. The molecule has 0 aliphatic carbocycles. The largest absolute Gasteiger partial charge is 0.370 e. The number of rotatable bonds is 1. The number of anilines is 1. The third-order valence-corrected chi connectivity index (χ3v) is 3.64. The summed E-state index contributed by atoms with van der Waals surface area (Å²) in [6, 6.07) is 5.84. The number of nitrogens with zero attached hydrogens (tertiary/aromatic N) is 1. The first-order chi connectivity index (χ1) is 7.79. The second kappa shape index (κ2) is 5.76. The van der Waals surface area contributed by atoms with Crippen LogP contribution in [0.4, 0.5) is 5.69 Å². The molecule has 88 valence electrons. The first kappa shape index (κ1) is 12.0. The third kappa shape index (κ3) is 2.82. The molecule has 1 fully saturated rings. The van der Waals surface area contributed by atoms with Gasteiger partial charge in [-0.25, -0.2) is 0 Å². The first-order valence-corrected chi connectivity index (χ1v) is 6.44. The Morgan fingerprint density at radius 1 is 1.06 bits per heavy atom. The predicted octanol–water partition coefficient (Wildman–Crippen LogP) is 3.18. The lowest BCUT2D eigenvalue weighted by Crippen LogP contribution is -2.34. The molecule has 1 aliphatic rings. The summed E-state index contributed by atoms with van der Waals surface area (Å²) >= 11 is 12.3. The Labute approximate surface area is 107 Å². The van der Waals surface area contributed by atoms with E-state index in [0.29, 0.717) is 10.0 Å². The molecule has 1 heterocycles. The van der Waals surface area contributed by atoms with E-state index in [1.165, 1.54) is 0 Å². The Balaban J connectivity index is 2.17. The van der Waals surface area contributed by atoms with Crippen molar-refractivity contribution in [1.29, 1.82) is 0 Å². The van der Waals surface area contributed by atoms with Crippen LogP contribution in [0.2, 0.25) is 10.0 Å². The van der Waals surface area contributed by atoms with Crippen LogP contribution in [0.25, 0.3) is 0 Å². The SMILES string of the molecule is Clc1cccc(N2CCCNCCC2)c1Cl. The van der Waals surface area contributed by atoms with Crippen molar-refractivity contribution in [1.82, 2.24) is 5.32 Å². The van der Waals surface area contributed by atoms with E-state index in [2.05, 4.69) is 10.2 Å². The Kier molecular flexibility index (Phi) is 4.33. The molecule has 1 aromatic rings. The Hall–Kier alpha value is -0.440. The van der Waals surface area contributed by atoms with E-state index in [1.54, 1.807) is 0 Å². The monoisotopic (exact) mass is 258 g/mol. The highest BCUT2D eigenvalue weighted by atomic mass is 35.5. The fourth-order valence-electron chi connectivity index (χ4n) is 2.00. The molecule has 0 aromatic heterocycles. The molecule has 0 spiro atoms. The van der Waals surface area contributed by atoms with Crippen molar-refractivity contribution in [3.63, 3.8) is 0 Å². The van der Waals surface area contributed by atoms with Gasteiger partial charge in [0.25, 0.3) is 0 Å². The van der Waals surface area contributed by atoms with Crippen LogP contribution in [0.5, 0.6) is 0 Å². The Bertz CT molecular complexity index is 347. The average Bonchev–Trinajstić information content (AvgIpc) is 2.23. The zero-order chi connectivity index (χ0) is 11.4. The van der Waals surface area contributed by atoms with Crippen LogP contribution in [-0.2, 0) is 0 Å². The number of benzene rings is 1. The average molecular weight is 259 g/mol. The van der Waals surface area contributed by atoms with Gasteiger partial charge in [-0.2, -0.15) is 0 Å². The van der Waals surface area contributed by atoms with E-state index in [-0.39, 0.29) is 0 Å². The molecule has 0 radical (unpaired) electrons. The molecular formula is C12H16Cl2N2. The lowest BCUT2D eigenvalue weighted by molar-refractivity contribution is 0.567. The van der Waals surface area contributed by atoms with Gasteiger partial charge >= 0.3 is 0 Å². The Morgan fingerprint density at radius 2 is 1.75 bits per heavy atom. The first-order valence-electron chi connectivity index (χ1n) is 5.69. The smallest absolute Gasteiger partial charge is 0.0825 e. The van der Waals surface area contributed by atoms with Crippen molar-refractivity contribution in [2.45, 2.75) is 12.8 Å². The molecule has 4 heteroatoms. The molecule has 0 saturated carbocycles. The van der Waals surface area contributed by atoms with Crippen LogP contribution in [-0.4, -0.2) is 26.2 Å². The van der Waals surface area contributed by atoms with Gasteiger partial charge in [0.2, 0.25) is 0 Å². The normalized spacial score (nSPS) is 18.0. The van der Waals surface area contributed by atoms with Gasteiger partial charge in [0.05, 0.1) is 15.7 Å². The van der Waals surface area contributed by atoms with Gasteiger partial charge in [-0.05, 0) is 38.1 Å². The fourth-order valence-corrected chi connectivity index (χ4v) is 2.42. The summed E-state index contributed by atoms with van der Waals surface area (Å²) < 4.78 is 0. The number of hydrogen-bond acceptors (Lipinski definition) is 2.